The third-order valence-corrected chi connectivity index (χ3v) is 3.61. The van der Waals surface area contributed by atoms with Crippen molar-refractivity contribution in [1.29, 1.82) is 0 Å². The average Bonchev–Trinajstić information content (AvgIpc) is 2.93. The van der Waals surface area contributed by atoms with E-state index in [1.165, 1.54) is 18.5 Å². The molecule has 1 heterocycles. The normalized spacial score (nSPS) is 16.4. The Morgan fingerprint density at radius 3 is 2.86 bits per heavy atom. The van der Waals surface area contributed by atoms with E-state index in [1.807, 2.05) is 6.07 Å². The highest BCUT2D eigenvalue weighted by Crippen LogP contribution is 2.45. The zero-order valence-corrected chi connectivity index (χ0v) is 9.82. The molecule has 1 saturated carbocycles. The van der Waals surface area contributed by atoms with Crippen LogP contribution < -0.4 is 0 Å². The minimum absolute atomic E-state index is 0.675. The van der Waals surface area contributed by atoms with Gasteiger partial charge in [0.05, 0.1) is 5.02 Å². The molecule has 2 aromatic rings. The lowest BCUT2D eigenvalue weighted by Crippen LogP contribution is -1.77. The Kier molecular flexibility index (Phi) is 1.89. The maximum absolute atomic E-state index is 6.30. The van der Waals surface area contributed by atoms with E-state index >= 15 is 0 Å². The van der Waals surface area contributed by atoms with Gasteiger partial charge in [-0.15, -0.1) is 0 Å². The molecule has 14 heavy (non-hydrogen) atoms. The number of aromatic amines is 1. The minimum atomic E-state index is 0.675. The van der Waals surface area contributed by atoms with Crippen molar-refractivity contribution in [3.63, 3.8) is 0 Å². The van der Waals surface area contributed by atoms with Crippen LogP contribution in [0.15, 0.2) is 22.7 Å². The first-order chi connectivity index (χ1) is 6.75. The maximum Gasteiger partial charge on any atom is 0.0694 e. The first kappa shape index (κ1) is 8.81. The van der Waals surface area contributed by atoms with Crippen molar-refractivity contribution in [3.8, 4) is 0 Å². The van der Waals surface area contributed by atoms with Crippen molar-refractivity contribution >= 4 is 38.4 Å². The molecule has 1 fully saturated rings. The number of rotatable bonds is 1. The number of nitrogens with one attached hydrogen (secondary N) is 1. The zero-order valence-electron chi connectivity index (χ0n) is 7.48. The van der Waals surface area contributed by atoms with Crippen molar-refractivity contribution in [1.82, 2.24) is 4.98 Å². The molecule has 0 bridgehead atoms. The highest BCUT2D eigenvalue weighted by atomic mass is 79.9. The van der Waals surface area contributed by atoms with Crippen molar-refractivity contribution in [3.05, 3.63) is 33.4 Å². The van der Waals surface area contributed by atoms with Crippen LogP contribution in [-0.2, 0) is 0 Å². The quantitative estimate of drug-likeness (QED) is 0.787. The van der Waals surface area contributed by atoms with Gasteiger partial charge in [0.15, 0.2) is 0 Å². The summed E-state index contributed by atoms with van der Waals surface area (Å²) in [5.74, 6) is 0.675. The molecule has 0 saturated heterocycles. The third kappa shape index (κ3) is 1.29. The monoisotopic (exact) mass is 269 g/mol. The molecular formula is C11H9BrClN. The number of hydrogen-bond donors (Lipinski definition) is 1. The Morgan fingerprint density at radius 1 is 1.36 bits per heavy atom. The summed E-state index contributed by atoms with van der Waals surface area (Å²) in [7, 11) is 0. The van der Waals surface area contributed by atoms with Crippen molar-refractivity contribution in [2.24, 2.45) is 0 Å². The fraction of sp³-hybridized carbons (Fsp3) is 0.273. The predicted octanol–water partition coefficient (Wildman–Crippen LogP) is 4.46. The lowest BCUT2D eigenvalue weighted by atomic mass is 10.2. The lowest BCUT2D eigenvalue weighted by Gasteiger charge is -1.91. The summed E-state index contributed by atoms with van der Waals surface area (Å²) in [5, 5.41) is 2.05. The summed E-state index contributed by atoms with van der Waals surface area (Å²) in [5.41, 5.74) is 2.35. The molecule has 1 aromatic carbocycles. The van der Waals surface area contributed by atoms with Crippen molar-refractivity contribution in [2.45, 2.75) is 18.8 Å². The lowest BCUT2D eigenvalue weighted by molar-refractivity contribution is 1.06. The number of aromatic nitrogens is 1. The van der Waals surface area contributed by atoms with Gasteiger partial charge in [0.25, 0.3) is 0 Å². The van der Waals surface area contributed by atoms with E-state index in [4.69, 9.17) is 11.6 Å². The summed E-state index contributed by atoms with van der Waals surface area (Å²) >= 11 is 9.75. The standard InChI is InChI=1S/C11H9BrClN/c12-7-3-4-8-9(5-7)14-11(10(8)13)6-1-2-6/h3-6,14H,1-2H2. The Balaban J connectivity index is 2.28. The Hall–Kier alpha value is -0.470. The number of benzene rings is 1. The highest BCUT2D eigenvalue weighted by Gasteiger charge is 2.28. The van der Waals surface area contributed by atoms with Gasteiger partial charge >= 0.3 is 0 Å². The first-order valence-corrected chi connectivity index (χ1v) is 5.89. The maximum atomic E-state index is 6.30. The Morgan fingerprint density at radius 2 is 2.14 bits per heavy atom. The third-order valence-electron chi connectivity index (χ3n) is 2.71. The van der Waals surface area contributed by atoms with Gasteiger partial charge in [0, 0.05) is 27.0 Å². The van der Waals surface area contributed by atoms with Crippen LogP contribution in [-0.4, -0.2) is 4.98 Å². The van der Waals surface area contributed by atoms with Crippen LogP contribution in [0.2, 0.25) is 5.02 Å². The summed E-state index contributed by atoms with van der Waals surface area (Å²) in [6.07, 6.45) is 2.54. The van der Waals surface area contributed by atoms with E-state index in [-0.39, 0.29) is 0 Å². The van der Waals surface area contributed by atoms with Gasteiger partial charge < -0.3 is 4.98 Å². The largest absolute Gasteiger partial charge is 0.357 e. The van der Waals surface area contributed by atoms with E-state index in [2.05, 4.69) is 33.0 Å². The highest BCUT2D eigenvalue weighted by molar-refractivity contribution is 9.10. The van der Waals surface area contributed by atoms with E-state index in [0.717, 1.165) is 20.4 Å². The zero-order chi connectivity index (χ0) is 9.71. The van der Waals surface area contributed by atoms with Gasteiger partial charge in [-0.2, -0.15) is 0 Å². The number of H-pyrrole nitrogens is 1. The van der Waals surface area contributed by atoms with Crippen LogP contribution in [0.3, 0.4) is 0 Å². The first-order valence-electron chi connectivity index (χ1n) is 4.72. The average molecular weight is 271 g/mol. The molecule has 3 rings (SSSR count). The molecule has 0 spiro atoms. The predicted molar refractivity (Wildman–Crippen MR) is 63.0 cm³/mol. The minimum Gasteiger partial charge on any atom is -0.357 e. The molecule has 0 aliphatic heterocycles. The number of hydrogen-bond acceptors (Lipinski definition) is 0. The van der Waals surface area contributed by atoms with Crippen LogP contribution in [0.4, 0.5) is 0 Å². The topological polar surface area (TPSA) is 15.8 Å². The van der Waals surface area contributed by atoms with Crippen LogP contribution >= 0.6 is 27.5 Å². The molecule has 0 amide bonds. The van der Waals surface area contributed by atoms with Gasteiger partial charge in [0.2, 0.25) is 0 Å². The fourth-order valence-electron chi connectivity index (χ4n) is 1.81. The van der Waals surface area contributed by atoms with Crippen LogP contribution in [0.5, 0.6) is 0 Å². The molecule has 3 heteroatoms. The van der Waals surface area contributed by atoms with Crippen LogP contribution in [0.1, 0.15) is 24.5 Å². The molecule has 0 unspecified atom stereocenters. The van der Waals surface area contributed by atoms with Crippen molar-refractivity contribution in [2.75, 3.05) is 0 Å². The van der Waals surface area contributed by atoms with E-state index in [0.29, 0.717) is 5.92 Å². The van der Waals surface area contributed by atoms with Crippen LogP contribution in [0.25, 0.3) is 10.9 Å². The van der Waals surface area contributed by atoms with E-state index < -0.39 is 0 Å². The van der Waals surface area contributed by atoms with Crippen molar-refractivity contribution < 1.29 is 0 Å². The molecule has 0 atom stereocenters. The molecule has 1 aliphatic rings. The Bertz CT molecular complexity index is 499. The summed E-state index contributed by atoms with van der Waals surface area (Å²) in [6.45, 7) is 0. The molecule has 1 aliphatic carbocycles. The second-order valence-electron chi connectivity index (χ2n) is 3.82. The number of halogens is 2. The second-order valence-corrected chi connectivity index (χ2v) is 5.11. The van der Waals surface area contributed by atoms with Gasteiger partial charge in [-0.3, -0.25) is 0 Å². The van der Waals surface area contributed by atoms with E-state index in [1.54, 1.807) is 0 Å². The smallest absolute Gasteiger partial charge is 0.0694 e. The molecule has 0 radical (unpaired) electrons. The molecular weight excluding hydrogens is 261 g/mol. The van der Waals surface area contributed by atoms with Gasteiger partial charge in [0.1, 0.15) is 0 Å². The molecule has 1 N–H and O–H groups in total. The number of fused-ring (bicyclic) bond motifs is 1. The fourth-order valence-corrected chi connectivity index (χ4v) is 2.54. The summed E-state index contributed by atoms with van der Waals surface area (Å²) in [6, 6.07) is 6.16. The SMILES string of the molecule is Clc1c(C2CC2)[nH]c2cc(Br)ccc12. The van der Waals surface area contributed by atoms with Gasteiger partial charge in [-0.1, -0.05) is 33.6 Å². The molecule has 1 nitrogen and oxygen atoms in total. The summed E-state index contributed by atoms with van der Waals surface area (Å²) in [4.78, 5) is 3.40. The molecule has 1 aromatic heterocycles. The second kappa shape index (κ2) is 3.01. The molecule has 72 valence electrons. The van der Waals surface area contributed by atoms with E-state index in [9.17, 15) is 0 Å². The van der Waals surface area contributed by atoms with Gasteiger partial charge in [-0.05, 0) is 25.0 Å². The Labute approximate surface area is 95.6 Å². The van der Waals surface area contributed by atoms with Gasteiger partial charge in [-0.25, -0.2) is 0 Å². The van der Waals surface area contributed by atoms with Crippen LogP contribution in [0, 0.1) is 0 Å². The summed E-state index contributed by atoms with van der Waals surface area (Å²) < 4.78 is 1.09.